The first-order valence-corrected chi connectivity index (χ1v) is 5.59. The van der Waals surface area contributed by atoms with Gasteiger partial charge in [-0.05, 0) is 36.2 Å². The fraction of sp³-hybridized carbons (Fsp3) is 0.154. The lowest BCUT2D eigenvalue weighted by Gasteiger charge is -2.06. The van der Waals surface area contributed by atoms with Crippen molar-refractivity contribution in [3.05, 3.63) is 47.9 Å². The number of hydrogen-bond acceptors (Lipinski definition) is 5. The topological polar surface area (TPSA) is 87.6 Å². The fourth-order valence-corrected chi connectivity index (χ4v) is 1.54. The second kappa shape index (κ2) is 5.64. The highest BCUT2D eigenvalue weighted by molar-refractivity contribution is 5.54. The molecule has 2 rings (SSSR count). The summed E-state index contributed by atoms with van der Waals surface area (Å²) in [6.45, 7) is 0.742. The van der Waals surface area contributed by atoms with E-state index in [1.54, 1.807) is 24.5 Å². The number of nitrogens with one attached hydrogen (secondary N) is 1. The Hall–Kier alpha value is -2.61. The average molecular weight is 239 g/mol. The highest BCUT2D eigenvalue weighted by atomic mass is 15.0. The monoisotopic (exact) mass is 239 g/mol. The van der Waals surface area contributed by atoms with Gasteiger partial charge in [-0.2, -0.15) is 5.26 Å². The maximum Gasteiger partial charge on any atom is 0.165 e. The van der Waals surface area contributed by atoms with E-state index in [1.165, 1.54) is 5.56 Å². The van der Waals surface area contributed by atoms with Gasteiger partial charge in [0.15, 0.2) is 5.69 Å². The van der Waals surface area contributed by atoms with Gasteiger partial charge < -0.3 is 11.1 Å². The van der Waals surface area contributed by atoms with Crippen molar-refractivity contribution in [1.82, 2.24) is 9.97 Å². The van der Waals surface area contributed by atoms with Crippen LogP contribution in [0, 0.1) is 11.3 Å². The first-order chi connectivity index (χ1) is 8.79. The molecule has 0 atom stereocenters. The zero-order chi connectivity index (χ0) is 12.8. The second-order valence-corrected chi connectivity index (χ2v) is 3.78. The van der Waals surface area contributed by atoms with Crippen molar-refractivity contribution in [2.24, 2.45) is 0 Å². The minimum absolute atomic E-state index is 0.254. The molecule has 2 heterocycles. The van der Waals surface area contributed by atoms with Gasteiger partial charge in [-0.1, -0.05) is 0 Å². The van der Waals surface area contributed by atoms with Crippen molar-refractivity contribution < 1.29 is 0 Å². The standard InChI is InChI=1S/C13H13N5/c14-9-12-11(15)1-2-13(18-12)17-8-5-10-3-6-16-7-4-10/h1-4,6-7H,5,8,15H2,(H,17,18). The van der Waals surface area contributed by atoms with Crippen molar-refractivity contribution in [2.45, 2.75) is 6.42 Å². The summed E-state index contributed by atoms with van der Waals surface area (Å²) < 4.78 is 0. The quantitative estimate of drug-likeness (QED) is 0.845. The van der Waals surface area contributed by atoms with E-state index in [4.69, 9.17) is 11.0 Å². The number of nitrogens with zero attached hydrogens (tertiary/aromatic N) is 3. The van der Waals surface area contributed by atoms with E-state index in [2.05, 4.69) is 15.3 Å². The lowest BCUT2D eigenvalue weighted by Crippen LogP contribution is -2.07. The molecular formula is C13H13N5. The Bertz CT molecular complexity index is 559. The number of rotatable bonds is 4. The molecule has 90 valence electrons. The first kappa shape index (κ1) is 11.9. The van der Waals surface area contributed by atoms with Crippen LogP contribution in [0.4, 0.5) is 11.5 Å². The first-order valence-electron chi connectivity index (χ1n) is 5.59. The third-order valence-corrected chi connectivity index (χ3v) is 2.50. The molecule has 0 aliphatic rings. The van der Waals surface area contributed by atoms with E-state index in [9.17, 15) is 0 Å². The molecule has 0 aromatic carbocycles. The van der Waals surface area contributed by atoms with E-state index in [0.29, 0.717) is 11.5 Å². The summed E-state index contributed by atoms with van der Waals surface area (Å²) in [5, 5.41) is 12.0. The van der Waals surface area contributed by atoms with Crippen molar-refractivity contribution in [3.63, 3.8) is 0 Å². The summed E-state index contributed by atoms with van der Waals surface area (Å²) in [5.74, 6) is 0.662. The Morgan fingerprint density at radius 1 is 1.22 bits per heavy atom. The molecule has 0 spiro atoms. The summed E-state index contributed by atoms with van der Waals surface area (Å²) in [6, 6.07) is 9.35. The smallest absolute Gasteiger partial charge is 0.165 e. The molecule has 0 amide bonds. The van der Waals surface area contributed by atoms with E-state index < -0.39 is 0 Å². The molecule has 5 nitrogen and oxygen atoms in total. The SMILES string of the molecule is N#Cc1nc(NCCc2ccncc2)ccc1N. The molecular weight excluding hydrogens is 226 g/mol. The maximum atomic E-state index is 8.82. The maximum absolute atomic E-state index is 8.82. The molecule has 0 radical (unpaired) electrons. The number of nitriles is 1. The average Bonchev–Trinajstić information content (AvgIpc) is 2.42. The van der Waals surface area contributed by atoms with Crippen LogP contribution in [0.5, 0.6) is 0 Å². The molecule has 0 bridgehead atoms. The van der Waals surface area contributed by atoms with Gasteiger partial charge >= 0.3 is 0 Å². The number of anilines is 2. The molecule has 0 saturated heterocycles. The normalized spacial score (nSPS) is 9.72. The molecule has 3 N–H and O–H groups in total. The number of hydrogen-bond donors (Lipinski definition) is 2. The van der Waals surface area contributed by atoms with E-state index in [-0.39, 0.29) is 5.69 Å². The van der Waals surface area contributed by atoms with Crippen molar-refractivity contribution in [3.8, 4) is 6.07 Å². The molecule has 0 saturated carbocycles. The third-order valence-electron chi connectivity index (χ3n) is 2.50. The third kappa shape index (κ3) is 2.95. The number of pyridine rings is 2. The van der Waals surface area contributed by atoms with Crippen molar-refractivity contribution in [2.75, 3.05) is 17.6 Å². The molecule has 0 aliphatic carbocycles. The summed E-state index contributed by atoms with van der Waals surface area (Å²) in [5.41, 5.74) is 7.46. The van der Waals surface area contributed by atoms with Crippen LogP contribution >= 0.6 is 0 Å². The van der Waals surface area contributed by atoms with Gasteiger partial charge in [-0.3, -0.25) is 4.98 Å². The highest BCUT2D eigenvalue weighted by Crippen LogP contribution is 2.12. The fourth-order valence-electron chi connectivity index (χ4n) is 1.54. The summed E-state index contributed by atoms with van der Waals surface area (Å²) in [4.78, 5) is 8.07. The Morgan fingerprint density at radius 3 is 2.72 bits per heavy atom. The summed E-state index contributed by atoms with van der Waals surface area (Å²) >= 11 is 0. The summed E-state index contributed by atoms with van der Waals surface area (Å²) in [6.07, 6.45) is 4.41. The van der Waals surface area contributed by atoms with Crippen LogP contribution < -0.4 is 11.1 Å². The van der Waals surface area contributed by atoms with Gasteiger partial charge in [0, 0.05) is 18.9 Å². The van der Waals surface area contributed by atoms with Crippen LogP contribution in [0.3, 0.4) is 0 Å². The Balaban J connectivity index is 1.93. The number of nitrogens with two attached hydrogens (primary N) is 1. The van der Waals surface area contributed by atoms with E-state index >= 15 is 0 Å². The molecule has 0 aliphatic heterocycles. The molecule has 2 aromatic heterocycles. The predicted molar refractivity (Wildman–Crippen MR) is 69.8 cm³/mol. The molecule has 18 heavy (non-hydrogen) atoms. The van der Waals surface area contributed by atoms with E-state index in [1.807, 2.05) is 18.2 Å². The van der Waals surface area contributed by atoms with Gasteiger partial charge in [0.1, 0.15) is 11.9 Å². The number of nitrogen functional groups attached to an aromatic ring is 1. The zero-order valence-electron chi connectivity index (χ0n) is 9.80. The highest BCUT2D eigenvalue weighted by Gasteiger charge is 2.01. The van der Waals surface area contributed by atoms with Crippen LogP contribution in [-0.2, 0) is 6.42 Å². The second-order valence-electron chi connectivity index (χ2n) is 3.78. The van der Waals surface area contributed by atoms with Crippen molar-refractivity contribution in [1.29, 1.82) is 5.26 Å². The Labute approximate surface area is 105 Å². The minimum atomic E-state index is 0.254. The van der Waals surface area contributed by atoms with Crippen LogP contribution in [0.2, 0.25) is 0 Å². The predicted octanol–water partition coefficient (Wildman–Crippen LogP) is 1.59. The van der Waals surface area contributed by atoms with Crippen molar-refractivity contribution >= 4 is 11.5 Å². The van der Waals surface area contributed by atoms with Gasteiger partial charge in [-0.15, -0.1) is 0 Å². The van der Waals surface area contributed by atoms with E-state index in [0.717, 1.165) is 13.0 Å². The van der Waals surface area contributed by atoms with Gasteiger partial charge in [0.25, 0.3) is 0 Å². The molecule has 0 unspecified atom stereocenters. The minimum Gasteiger partial charge on any atom is -0.396 e. The van der Waals surface area contributed by atoms with Gasteiger partial charge in [-0.25, -0.2) is 4.98 Å². The Kier molecular flexibility index (Phi) is 3.72. The molecule has 5 heteroatoms. The number of aromatic nitrogens is 2. The van der Waals surface area contributed by atoms with Crippen LogP contribution in [0.15, 0.2) is 36.7 Å². The van der Waals surface area contributed by atoms with Crippen LogP contribution in [0.25, 0.3) is 0 Å². The van der Waals surface area contributed by atoms with Crippen LogP contribution in [0.1, 0.15) is 11.3 Å². The van der Waals surface area contributed by atoms with Crippen LogP contribution in [-0.4, -0.2) is 16.5 Å². The molecule has 2 aromatic rings. The lowest BCUT2D eigenvalue weighted by molar-refractivity contribution is 0.999. The van der Waals surface area contributed by atoms with Gasteiger partial charge in [0.05, 0.1) is 5.69 Å². The largest absolute Gasteiger partial charge is 0.396 e. The Morgan fingerprint density at radius 2 is 2.00 bits per heavy atom. The lowest BCUT2D eigenvalue weighted by atomic mass is 10.2. The summed E-state index contributed by atoms with van der Waals surface area (Å²) in [7, 11) is 0. The van der Waals surface area contributed by atoms with Gasteiger partial charge in [0.2, 0.25) is 0 Å². The molecule has 0 fully saturated rings. The zero-order valence-corrected chi connectivity index (χ0v) is 9.80.